The number of aromatic nitrogens is 4. The molecule has 0 radical (unpaired) electrons. The summed E-state index contributed by atoms with van der Waals surface area (Å²) in [5, 5.41) is 35.5. The number of nitrogen functional groups attached to an aromatic ring is 1. The zero-order chi connectivity index (χ0) is 16.7. The molecule has 1 aliphatic rings. The number of aryl methyl sites for hydroxylation is 1. The molecular weight excluding hydrogens is 308 g/mol. The highest BCUT2D eigenvalue weighted by molar-refractivity contribution is 5.87. The van der Waals surface area contributed by atoms with Gasteiger partial charge in [-0.25, -0.2) is 14.6 Å². The van der Waals surface area contributed by atoms with Gasteiger partial charge in [0.2, 0.25) is 5.43 Å². The first-order valence-corrected chi connectivity index (χ1v) is 6.80. The van der Waals surface area contributed by atoms with Crippen LogP contribution in [0.3, 0.4) is 0 Å². The maximum atomic E-state index is 12.2. The molecule has 11 heteroatoms. The van der Waals surface area contributed by atoms with E-state index in [0.717, 1.165) is 0 Å². The lowest BCUT2D eigenvalue weighted by Crippen LogP contribution is -2.37. The number of aliphatic hydroxyl groups excluding tert-OH is 3. The molecule has 23 heavy (non-hydrogen) atoms. The fraction of sp³-hybridized carbons (Fsp3) is 0.500. The van der Waals surface area contributed by atoms with Gasteiger partial charge >= 0.3 is 0 Å². The number of nitrogens with two attached hydrogens (primary N) is 1. The summed E-state index contributed by atoms with van der Waals surface area (Å²) >= 11 is 0. The van der Waals surface area contributed by atoms with Gasteiger partial charge in [0.1, 0.15) is 35.8 Å². The molecule has 3 heterocycles. The van der Waals surface area contributed by atoms with E-state index in [0.29, 0.717) is 0 Å². The first-order chi connectivity index (χ1) is 10.9. The van der Waals surface area contributed by atoms with Gasteiger partial charge in [0.25, 0.3) is 0 Å². The third-order valence-electron chi connectivity index (χ3n) is 3.67. The average Bonchev–Trinajstić information content (AvgIpc) is 2.80. The predicted octanol–water partition coefficient (Wildman–Crippen LogP) is -2.84. The summed E-state index contributed by atoms with van der Waals surface area (Å²) < 4.78 is 6.64. The van der Waals surface area contributed by atoms with Crippen molar-refractivity contribution in [3.05, 3.63) is 16.6 Å². The van der Waals surface area contributed by atoms with Crippen molar-refractivity contribution in [3.63, 3.8) is 0 Å². The van der Waals surface area contributed by atoms with E-state index in [9.17, 15) is 15.0 Å². The first kappa shape index (κ1) is 15.6. The summed E-state index contributed by atoms with van der Waals surface area (Å²) in [6, 6.07) is 0. The number of ether oxygens (including phenoxy) is 1. The number of aliphatic hydroxyl groups is 3. The summed E-state index contributed by atoms with van der Waals surface area (Å²) in [6.07, 6.45) is -3.35. The number of rotatable bonds is 3. The summed E-state index contributed by atoms with van der Waals surface area (Å²) in [7, 11) is 1.57. The highest BCUT2D eigenvalue weighted by atomic mass is 16.6. The number of nitrogens with one attached hydrogen (secondary N) is 1. The Morgan fingerprint density at radius 1 is 1.39 bits per heavy atom. The molecule has 2 aromatic heterocycles. The lowest BCUT2D eigenvalue weighted by Gasteiger charge is -2.18. The van der Waals surface area contributed by atoms with Gasteiger partial charge in [0, 0.05) is 7.05 Å². The van der Waals surface area contributed by atoms with Crippen molar-refractivity contribution in [1.82, 2.24) is 19.7 Å². The zero-order valence-corrected chi connectivity index (χ0v) is 12.1. The zero-order valence-electron chi connectivity index (χ0n) is 12.1. The second-order valence-electron chi connectivity index (χ2n) is 5.16. The Balaban J connectivity index is 2.03. The Labute approximate surface area is 129 Å². The van der Waals surface area contributed by atoms with Crippen molar-refractivity contribution in [1.29, 1.82) is 0 Å². The summed E-state index contributed by atoms with van der Waals surface area (Å²) in [5.41, 5.74) is 5.26. The highest BCUT2D eigenvalue weighted by Gasteiger charge is 2.42. The Kier molecular flexibility index (Phi) is 3.85. The smallest absolute Gasteiger partial charge is 0.237 e. The second-order valence-corrected chi connectivity index (χ2v) is 5.16. The lowest BCUT2D eigenvalue weighted by molar-refractivity contribution is -0.0153. The minimum Gasteiger partial charge on any atom is -0.394 e. The normalized spacial score (nSPS) is 27.5. The van der Waals surface area contributed by atoms with Crippen LogP contribution in [-0.4, -0.2) is 66.2 Å². The number of hydrogen-bond acceptors (Lipinski definition) is 10. The average molecular weight is 324 g/mol. The van der Waals surface area contributed by atoms with Crippen LogP contribution in [0, 0.1) is 0 Å². The van der Waals surface area contributed by atoms with Crippen molar-refractivity contribution in [2.75, 3.05) is 17.7 Å². The number of hydrogen-bond donors (Lipinski definition) is 5. The van der Waals surface area contributed by atoms with Crippen LogP contribution in [0.2, 0.25) is 0 Å². The molecule has 3 rings (SSSR count). The molecule has 2 aromatic rings. The molecule has 0 aromatic carbocycles. The van der Waals surface area contributed by atoms with Crippen LogP contribution >= 0.6 is 0 Å². The summed E-state index contributed by atoms with van der Waals surface area (Å²) in [5.74, 6) is -0.140. The molecule has 0 bridgehead atoms. The minimum absolute atomic E-state index is 0.0829. The molecule has 0 saturated carbocycles. The number of anilines is 2. The van der Waals surface area contributed by atoms with Crippen LogP contribution in [0.4, 0.5) is 11.6 Å². The molecular formula is C12H16N6O5. The summed E-state index contributed by atoms with van der Waals surface area (Å²) in [6.45, 7) is -0.459. The first-order valence-electron chi connectivity index (χ1n) is 6.80. The minimum atomic E-state index is -1.31. The number of nitrogens with zero attached hydrogens (tertiary/aromatic N) is 4. The molecule has 1 fully saturated rings. The SMILES string of the molecule is Cn1nc(N)c(=O)c2c(N[C@@H]3O[C@H](CO)[C@H](O)C3O)ncnc21. The second kappa shape index (κ2) is 5.70. The Hall–Kier alpha value is -2.34. The third-order valence-corrected chi connectivity index (χ3v) is 3.67. The van der Waals surface area contributed by atoms with Crippen molar-refractivity contribution >= 4 is 22.7 Å². The van der Waals surface area contributed by atoms with Gasteiger partial charge in [0.15, 0.2) is 17.7 Å². The van der Waals surface area contributed by atoms with E-state index in [-0.39, 0.29) is 22.7 Å². The fourth-order valence-electron chi connectivity index (χ4n) is 2.48. The van der Waals surface area contributed by atoms with Crippen LogP contribution < -0.4 is 16.5 Å². The van der Waals surface area contributed by atoms with Gasteiger partial charge in [-0.2, -0.15) is 0 Å². The van der Waals surface area contributed by atoms with E-state index in [2.05, 4.69) is 20.4 Å². The Morgan fingerprint density at radius 3 is 2.78 bits per heavy atom. The quantitative estimate of drug-likeness (QED) is 0.396. The maximum absolute atomic E-state index is 12.2. The van der Waals surface area contributed by atoms with E-state index in [4.69, 9.17) is 15.6 Å². The molecule has 1 aliphatic heterocycles. The van der Waals surface area contributed by atoms with Gasteiger partial charge in [-0.1, -0.05) is 0 Å². The predicted molar refractivity (Wildman–Crippen MR) is 78.4 cm³/mol. The van der Waals surface area contributed by atoms with Crippen LogP contribution in [0.25, 0.3) is 11.0 Å². The van der Waals surface area contributed by atoms with Crippen molar-refractivity contribution in [3.8, 4) is 0 Å². The van der Waals surface area contributed by atoms with Crippen molar-refractivity contribution in [2.24, 2.45) is 7.05 Å². The molecule has 1 saturated heterocycles. The standard InChI is InChI=1S/C12H16N6O5/c1-18-11-5(7(21)9(13)17-18)10(14-3-15-11)16-12-8(22)6(20)4(2-19)23-12/h3-4,6,8,12,19-20,22H,2H2,1H3,(H2,13,17)(H,14,15,16)/t4-,6+,8?,12-/m1/s1. The van der Waals surface area contributed by atoms with Crippen molar-refractivity contribution < 1.29 is 20.1 Å². The molecule has 1 unspecified atom stereocenters. The largest absolute Gasteiger partial charge is 0.394 e. The lowest BCUT2D eigenvalue weighted by atomic mass is 10.1. The van der Waals surface area contributed by atoms with Crippen molar-refractivity contribution in [2.45, 2.75) is 24.5 Å². The van der Waals surface area contributed by atoms with E-state index in [1.807, 2.05) is 0 Å². The molecule has 0 spiro atoms. The summed E-state index contributed by atoms with van der Waals surface area (Å²) in [4.78, 5) is 20.2. The Morgan fingerprint density at radius 2 is 2.13 bits per heavy atom. The maximum Gasteiger partial charge on any atom is 0.237 e. The van der Waals surface area contributed by atoms with Crippen LogP contribution in [-0.2, 0) is 11.8 Å². The third kappa shape index (κ3) is 2.49. The van der Waals surface area contributed by atoms with Gasteiger partial charge in [-0.15, -0.1) is 5.10 Å². The van der Waals surface area contributed by atoms with Crippen LogP contribution in [0.5, 0.6) is 0 Å². The van der Waals surface area contributed by atoms with Gasteiger partial charge in [0.05, 0.1) is 6.61 Å². The molecule has 0 amide bonds. The van der Waals surface area contributed by atoms with Gasteiger partial charge in [-0.05, 0) is 0 Å². The van der Waals surface area contributed by atoms with E-state index < -0.39 is 36.6 Å². The van der Waals surface area contributed by atoms with Crippen LogP contribution in [0.1, 0.15) is 0 Å². The van der Waals surface area contributed by atoms with E-state index >= 15 is 0 Å². The van der Waals surface area contributed by atoms with E-state index in [1.54, 1.807) is 7.05 Å². The monoisotopic (exact) mass is 324 g/mol. The Bertz CT molecular complexity index is 795. The molecule has 0 aliphatic carbocycles. The molecule has 124 valence electrons. The van der Waals surface area contributed by atoms with Crippen LogP contribution in [0.15, 0.2) is 11.1 Å². The molecule has 4 atom stereocenters. The fourth-order valence-corrected chi connectivity index (χ4v) is 2.48. The van der Waals surface area contributed by atoms with Gasteiger partial charge < -0.3 is 31.1 Å². The van der Waals surface area contributed by atoms with Gasteiger partial charge in [-0.3, -0.25) is 4.79 Å². The highest BCUT2D eigenvalue weighted by Crippen LogP contribution is 2.24. The van der Waals surface area contributed by atoms with E-state index in [1.165, 1.54) is 11.0 Å². The molecule has 11 nitrogen and oxygen atoms in total. The number of fused-ring (bicyclic) bond motifs is 1. The topological polar surface area (TPSA) is 169 Å². The molecule has 6 N–H and O–H groups in total.